The molecule has 2 aliphatic heterocycles. The number of rotatable bonds is 2. The molecule has 1 aromatic carbocycles. The quantitative estimate of drug-likeness (QED) is 0.908. The molecule has 0 unspecified atom stereocenters. The minimum atomic E-state index is -0.609. The number of carbonyl (C=O) groups is 1. The van der Waals surface area contributed by atoms with Gasteiger partial charge in [0.15, 0.2) is 11.6 Å². The van der Waals surface area contributed by atoms with Gasteiger partial charge in [-0.05, 0) is 30.3 Å². The van der Waals surface area contributed by atoms with E-state index in [-0.39, 0.29) is 5.91 Å². The molecule has 0 atom stereocenters. The third-order valence-corrected chi connectivity index (χ3v) is 4.62. The number of hydrogen-bond donors (Lipinski definition) is 1. The molecule has 4 rings (SSSR count). The van der Waals surface area contributed by atoms with Gasteiger partial charge in [-0.3, -0.25) is 4.79 Å². The van der Waals surface area contributed by atoms with Crippen molar-refractivity contribution in [3.05, 3.63) is 59.0 Å². The van der Waals surface area contributed by atoms with E-state index in [0.29, 0.717) is 42.4 Å². The van der Waals surface area contributed by atoms with Gasteiger partial charge in [-0.2, -0.15) is 0 Å². The smallest absolute Gasteiger partial charge is 0.257 e. The van der Waals surface area contributed by atoms with Gasteiger partial charge in [0.25, 0.3) is 5.91 Å². The lowest BCUT2D eigenvalue weighted by Gasteiger charge is -2.35. The average molecular weight is 346 g/mol. The molecule has 0 bridgehead atoms. The third kappa shape index (κ3) is 2.79. The van der Waals surface area contributed by atoms with Crippen molar-refractivity contribution in [1.29, 1.82) is 0 Å². The molecule has 1 aromatic heterocycles. The number of likely N-dealkylation sites (tertiary alicyclic amines) is 1. The number of nitrogens with one attached hydrogen (secondary N) is 1. The van der Waals surface area contributed by atoms with Crippen LogP contribution in [0.5, 0.6) is 0 Å². The Morgan fingerprint density at radius 3 is 2.62 bits per heavy atom. The molecule has 1 amide bonds. The maximum Gasteiger partial charge on any atom is 0.257 e. The number of aliphatic imine (C=N–C) groups is 1. The number of halogens is 1. The molecule has 6 nitrogen and oxygen atoms in total. The van der Waals surface area contributed by atoms with Gasteiger partial charge < -0.3 is 9.32 Å². The van der Waals surface area contributed by atoms with Gasteiger partial charge >= 0.3 is 0 Å². The summed E-state index contributed by atoms with van der Waals surface area (Å²) in [5.74, 6) is 0.674. The fourth-order valence-corrected chi connectivity index (χ4v) is 3.09. The molecule has 3 heterocycles. The molecule has 24 heavy (non-hydrogen) atoms. The van der Waals surface area contributed by atoms with Crippen LogP contribution >= 0.6 is 11.6 Å². The first-order valence-electron chi connectivity index (χ1n) is 7.77. The highest BCUT2D eigenvalue weighted by Crippen LogP contribution is 2.31. The number of piperidine rings is 1. The second-order valence-electron chi connectivity index (χ2n) is 5.92. The fourth-order valence-electron chi connectivity index (χ4n) is 2.97. The lowest BCUT2D eigenvalue weighted by atomic mass is 10.0. The van der Waals surface area contributed by atoms with Crippen LogP contribution in [-0.2, 0) is 4.84 Å². The van der Waals surface area contributed by atoms with E-state index in [4.69, 9.17) is 25.8 Å². The molecular weight excluding hydrogens is 330 g/mol. The number of hydrogen-bond acceptors (Lipinski definition) is 5. The highest BCUT2D eigenvalue weighted by Gasteiger charge is 2.41. The SMILES string of the molecule is O=C(c1ccoc1)N1CCC2(CC1)N=C(c1ccc(Cl)cc1)NO2. The topological polar surface area (TPSA) is 67.1 Å². The predicted molar refractivity (Wildman–Crippen MR) is 88.8 cm³/mol. The number of nitrogens with zero attached hydrogens (tertiary/aromatic N) is 2. The normalized spacial score (nSPS) is 19.2. The highest BCUT2D eigenvalue weighted by atomic mass is 35.5. The van der Waals surface area contributed by atoms with Gasteiger partial charge in [-0.25, -0.2) is 15.3 Å². The van der Waals surface area contributed by atoms with Crippen LogP contribution in [0.15, 0.2) is 52.3 Å². The Labute approximate surface area is 144 Å². The van der Waals surface area contributed by atoms with Crippen molar-refractivity contribution in [2.24, 2.45) is 4.99 Å². The first kappa shape index (κ1) is 15.2. The standard InChI is InChI=1S/C17H16ClN3O3/c18-14-3-1-12(2-4-14)15-19-17(24-20-15)6-8-21(9-7-17)16(22)13-5-10-23-11-13/h1-5,10-11H,6-9H2,(H,19,20). The summed E-state index contributed by atoms with van der Waals surface area (Å²) in [4.78, 5) is 24.6. The number of amides is 1. The Kier molecular flexibility index (Phi) is 3.78. The summed E-state index contributed by atoms with van der Waals surface area (Å²) in [5, 5.41) is 0.680. The number of hydroxylamine groups is 1. The van der Waals surface area contributed by atoms with Crippen LogP contribution in [-0.4, -0.2) is 35.5 Å². The van der Waals surface area contributed by atoms with Crippen LogP contribution in [0.3, 0.4) is 0 Å². The van der Waals surface area contributed by atoms with Gasteiger partial charge in [0, 0.05) is 36.5 Å². The van der Waals surface area contributed by atoms with Crippen molar-refractivity contribution < 1.29 is 14.0 Å². The molecule has 1 fully saturated rings. The van der Waals surface area contributed by atoms with E-state index in [1.165, 1.54) is 12.5 Å². The Balaban J connectivity index is 1.45. The average Bonchev–Trinajstić information content (AvgIpc) is 3.26. The molecule has 7 heteroatoms. The lowest BCUT2D eigenvalue weighted by molar-refractivity contribution is -0.0849. The van der Waals surface area contributed by atoms with Crippen LogP contribution < -0.4 is 5.48 Å². The molecule has 0 saturated carbocycles. The molecule has 2 aromatic rings. The summed E-state index contributed by atoms with van der Waals surface area (Å²) in [6.45, 7) is 1.17. The zero-order valence-electron chi connectivity index (χ0n) is 12.9. The van der Waals surface area contributed by atoms with Crippen LogP contribution in [0.4, 0.5) is 0 Å². The van der Waals surface area contributed by atoms with Crippen molar-refractivity contribution in [2.75, 3.05) is 13.1 Å². The van der Waals surface area contributed by atoms with Crippen LogP contribution in [0.2, 0.25) is 5.02 Å². The van der Waals surface area contributed by atoms with Gasteiger partial charge in [-0.1, -0.05) is 11.6 Å². The van der Waals surface area contributed by atoms with Crippen molar-refractivity contribution in [2.45, 2.75) is 18.6 Å². The summed E-state index contributed by atoms with van der Waals surface area (Å²) in [5.41, 5.74) is 3.80. The van der Waals surface area contributed by atoms with Gasteiger partial charge in [-0.15, -0.1) is 0 Å². The summed E-state index contributed by atoms with van der Waals surface area (Å²) >= 11 is 5.91. The van der Waals surface area contributed by atoms with Crippen molar-refractivity contribution >= 4 is 23.3 Å². The summed E-state index contributed by atoms with van der Waals surface area (Å²) in [7, 11) is 0. The summed E-state index contributed by atoms with van der Waals surface area (Å²) < 4.78 is 4.98. The number of benzene rings is 1. The molecule has 0 aliphatic carbocycles. The van der Waals surface area contributed by atoms with Crippen LogP contribution in [0.25, 0.3) is 0 Å². The summed E-state index contributed by atoms with van der Waals surface area (Å²) in [6.07, 6.45) is 4.25. The number of furan rings is 1. The second kappa shape index (κ2) is 5.96. The van der Waals surface area contributed by atoms with Gasteiger partial charge in [0.1, 0.15) is 6.26 Å². The largest absolute Gasteiger partial charge is 0.472 e. The van der Waals surface area contributed by atoms with Crippen molar-refractivity contribution in [1.82, 2.24) is 10.4 Å². The minimum Gasteiger partial charge on any atom is -0.472 e. The monoisotopic (exact) mass is 345 g/mol. The molecule has 124 valence electrons. The first-order chi connectivity index (χ1) is 11.7. The number of amidine groups is 1. The molecule has 1 N–H and O–H groups in total. The molecular formula is C17H16ClN3O3. The van der Waals surface area contributed by atoms with E-state index in [1.807, 2.05) is 24.3 Å². The van der Waals surface area contributed by atoms with E-state index in [1.54, 1.807) is 11.0 Å². The van der Waals surface area contributed by atoms with E-state index < -0.39 is 5.72 Å². The molecule has 1 spiro atoms. The highest BCUT2D eigenvalue weighted by molar-refractivity contribution is 6.30. The van der Waals surface area contributed by atoms with E-state index in [2.05, 4.69) is 5.48 Å². The molecule has 0 radical (unpaired) electrons. The van der Waals surface area contributed by atoms with E-state index >= 15 is 0 Å². The lowest BCUT2D eigenvalue weighted by Crippen LogP contribution is -2.46. The summed E-state index contributed by atoms with van der Waals surface area (Å²) in [6, 6.07) is 9.11. The zero-order valence-corrected chi connectivity index (χ0v) is 13.6. The maximum atomic E-state index is 12.3. The number of carbonyl (C=O) groups excluding carboxylic acids is 1. The fraction of sp³-hybridized carbons (Fsp3) is 0.294. The van der Waals surface area contributed by atoms with Gasteiger partial charge in [0.2, 0.25) is 0 Å². The minimum absolute atomic E-state index is 0.0218. The van der Waals surface area contributed by atoms with Crippen molar-refractivity contribution in [3.8, 4) is 0 Å². The van der Waals surface area contributed by atoms with E-state index in [9.17, 15) is 4.79 Å². The van der Waals surface area contributed by atoms with Gasteiger partial charge in [0.05, 0.1) is 11.8 Å². The second-order valence-corrected chi connectivity index (χ2v) is 6.36. The first-order valence-corrected chi connectivity index (χ1v) is 8.14. The molecule has 1 saturated heterocycles. The van der Waals surface area contributed by atoms with Crippen molar-refractivity contribution in [3.63, 3.8) is 0 Å². The Bertz CT molecular complexity index is 763. The predicted octanol–water partition coefficient (Wildman–Crippen LogP) is 2.85. The Hall–Kier alpha value is -2.31. The maximum absolute atomic E-state index is 12.3. The van der Waals surface area contributed by atoms with Crippen LogP contribution in [0.1, 0.15) is 28.8 Å². The third-order valence-electron chi connectivity index (χ3n) is 4.37. The Morgan fingerprint density at radius 1 is 1.21 bits per heavy atom. The van der Waals surface area contributed by atoms with E-state index in [0.717, 1.165) is 5.56 Å². The molecule has 2 aliphatic rings. The zero-order chi connectivity index (χ0) is 16.6. The van der Waals surface area contributed by atoms with Crippen LogP contribution in [0, 0.1) is 0 Å². The Morgan fingerprint density at radius 2 is 1.96 bits per heavy atom.